The molecule has 0 saturated heterocycles. The molecule has 0 aliphatic rings. The lowest BCUT2D eigenvalue weighted by atomic mass is 10.2. The molecule has 0 amide bonds. The van der Waals surface area contributed by atoms with Gasteiger partial charge in [-0.15, -0.1) is 0 Å². The molecule has 1 aromatic rings. The van der Waals surface area contributed by atoms with Crippen molar-refractivity contribution in [2.24, 2.45) is 0 Å². The minimum absolute atomic E-state index is 0.426. The van der Waals surface area contributed by atoms with Gasteiger partial charge in [-0.05, 0) is 44.6 Å². The Morgan fingerprint density at radius 3 is 2.10 bits per heavy atom. The second-order valence-electron chi connectivity index (χ2n) is 5.14. The van der Waals surface area contributed by atoms with Crippen LogP contribution in [0, 0.1) is 6.92 Å². The molecule has 0 heterocycles. The Kier molecular flexibility index (Phi) is 7.35. The first-order valence-corrected chi connectivity index (χ1v) is 9.19. The molecule has 4 nitrogen and oxygen atoms in total. The standard InChI is InChI=1S/C16H28N2O2S/c1-5-17(6-2)13-10-14-18(7-3)21(19,20)16-12-9-8-11-15(16)4/h8-9,11-12H,5-7,10,13-14H2,1-4H3. The minimum atomic E-state index is -3.38. The van der Waals surface area contributed by atoms with E-state index in [1.807, 2.05) is 26.0 Å². The lowest BCUT2D eigenvalue weighted by molar-refractivity contribution is 0.285. The first-order valence-electron chi connectivity index (χ1n) is 7.75. The summed E-state index contributed by atoms with van der Waals surface area (Å²) in [5, 5.41) is 0. The van der Waals surface area contributed by atoms with Crippen molar-refractivity contribution in [3.8, 4) is 0 Å². The van der Waals surface area contributed by atoms with Gasteiger partial charge in [-0.1, -0.05) is 39.0 Å². The van der Waals surface area contributed by atoms with Crippen LogP contribution in [0.5, 0.6) is 0 Å². The van der Waals surface area contributed by atoms with Gasteiger partial charge in [-0.2, -0.15) is 4.31 Å². The van der Waals surface area contributed by atoms with Crippen LogP contribution in [-0.2, 0) is 10.0 Å². The summed E-state index contributed by atoms with van der Waals surface area (Å²) in [6.07, 6.45) is 0.862. The molecule has 0 aliphatic heterocycles. The van der Waals surface area contributed by atoms with Gasteiger partial charge in [-0.3, -0.25) is 0 Å². The van der Waals surface area contributed by atoms with Crippen molar-refractivity contribution in [1.82, 2.24) is 9.21 Å². The van der Waals surface area contributed by atoms with Gasteiger partial charge in [0.15, 0.2) is 0 Å². The van der Waals surface area contributed by atoms with E-state index in [2.05, 4.69) is 18.7 Å². The molecule has 0 aromatic heterocycles. The van der Waals surface area contributed by atoms with Crippen molar-refractivity contribution < 1.29 is 8.42 Å². The molecule has 21 heavy (non-hydrogen) atoms. The van der Waals surface area contributed by atoms with E-state index in [0.717, 1.165) is 31.6 Å². The Morgan fingerprint density at radius 2 is 1.57 bits per heavy atom. The molecule has 0 N–H and O–H groups in total. The summed E-state index contributed by atoms with van der Waals surface area (Å²) in [6, 6.07) is 7.18. The predicted octanol–water partition coefficient (Wildman–Crippen LogP) is 2.74. The van der Waals surface area contributed by atoms with E-state index in [4.69, 9.17) is 0 Å². The van der Waals surface area contributed by atoms with Crippen LogP contribution in [0.1, 0.15) is 32.8 Å². The summed E-state index contributed by atoms with van der Waals surface area (Å²) < 4.78 is 27.0. The average molecular weight is 312 g/mol. The number of benzene rings is 1. The second kappa shape index (κ2) is 8.51. The third-order valence-electron chi connectivity index (χ3n) is 3.84. The Morgan fingerprint density at radius 1 is 0.952 bits per heavy atom. The highest BCUT2D eigenvalue weighted by Gasteiger charge is 2.24. The fourth-order valence-corrected chi connectivity index (χ4v) is 4.16. The molecule has 0 radical (unpaired) electrons. The van der Waals surface area contributed by atoms with Crippen LogP contribution in [0.25, 0.3) is 0 Å². The summed E-state index contributed by atoms with van der Waals surface area (Å²) in [4.78, 5) is 2.74. The Hall–Kier alpha value is -0.910. The van der Waals surface area contributed by atoms with Gasteiger partial charge in [-0.25, -0.2) is 8.42 Å². The largest absolute Gasteiger partial charge is 0.304 e. The van der Waals surface area contributed by atoms with E-state index < -0.39 is 10.0 Å². The van der Waals surface area contributed by atoms with Crippen LogP contribution in [0.15, 0.2) is 29.2 Å². The summed E-state index contributed by atoms with van der Waals surface area (Å²) >= 11 is 0. The van der Waals surface area contributed by atoms with Gasteiger partial charge in [0, 0.05) is 13.1 Å². The molecule has 0 spiro atoms. The monoisotopic (exact) mass is 312 g/mol. The third-order valence-corrected chi connectivity index (χ3v) is 5.97. The average Bonchev–Trinajstić information content (AvgIpc) is 2.47. The Labute approximate surface area is 129 Å². The molecule has 1 aromatic carbocycles. The molecule has 5 heteroatoms. The van der Waals surface area contributed by atoms with Gasteiger partial charge in [0.05, 0.1) is 4.90 Å². The van der Waals surface area contributed by atoms with E-state index in [1.165, 1.54) is 0 Å². The smallest absolute Gasteiger partial charge is 0.243 e. The summed E-state index contributed by atoms with van der Waals surface area (Å²) in [7, 11) is -3.38. The zero-order valence-corrected chi connectivity index (χ0v) is 14.5. The van der Waals surface area contributed by atoms with Crippen LogP contribution < -0.4 is 0 Å². The highest BCUT2D eigenvalue weighted by Crippen LogP contribution is 2.19. The van der Waals surface area contributed by atoms with Crippen molar-refractivity contribution in [3.63, 3.8) is 0 Å². The fourth-order valence-electron chi connectivity index (χ4n) is 2.44. The number of hydrogen-bond acceptors (Lipinski definition) is 3. The van der Waals surface area contributed by atoms with Crippen LogP contribution in [0.4, 0.5) is 0 Å². The quantitative estimate of drug-likeness (QED) is 0.704. The van der Waals surface area contributed by atoms with E-state index >= 15 is 0 Å². The normalized spacial score (nSPS) is 12.3. The molecular weight excluding hydrogens is 284 g/mol. The highest BCUT2D eigenvalue weighted by atomic mass is 32.2. The Bertz CT molecular complexity index is 525. The minimum Gasteiger partial charge on any atom is -0.304 e. The molecule has 0 saturated carbocycles. The van der Waals surface area contributed by atoms with Crippen molar-refractivity contribution in [1.29, 1.82) is 0 Å². The first kappa shape index (κ1) is 18.1. The summed E-state index contributed by atoms with van der Waals surface area (Å²) in [5.41, 5.74) is 0.805. The van der Waals surface area contributed by atoms with Gasteiger partial charge in [0.1, 0.15) is 0 Å². The van der Waals surface area contributed by atoms with Gasteiger partial charge >= 0.3 is 0 Å². The van der Waals surface area contributed by atoms with Gasteiger partial charge < -0.3 is 4.90 Å². The number of sulfonamides is 1. The lowest BCUT2D eigenvalue weighted by Crippen LogP contribution is -2.34. The van der Waals surface area contributed by atoms with Crippen LogP contribution in [0.3, 0.4) is 0 Å². The van der Waals surface area contributed by atoms with Gasteiger partial charge in [0.2, 0.25) is 10.0 Å². The summed E-state index contributed by atoms with van der Waals surface area (Å²) in [5.74, 6) is 0. The zero-order chi connectivity index (χ0) is 15.9. The lowest BCUT2D eigenvalue weighted by Gasteiger charge is -2.23. The maximum Gasteiger partial charge on any atom is 0.243 e. The molecule has 1 rings (SSSR count). The van der Waals surface area contributed by atoms with Crippen molar-refractivity contribution in [3.05, 3.63) is 29.8 Å². The Balaban J connectivity index is 2.77. The molecule has 0 bridgehead atoms. The fraction of sp³-hybridized carbons (Fsp3) is 0.625. The highest BCUT2D eigenvalue weighted by molar-refractivity contribution is 7.89. The number of rotatable bonds is 9. The zero-order valence-electron chi connectivity index (χ0n) is 13.7. The maximum absolute atomic E-state index is 12.7. The predicted molar refractivity (Wildman–Crippen MR) is 88.0 cm³/mol. The van der Waals surface area contributed by atoms with E-state index in [1.54, 1.807) is 16.4 Å². The summed E-state index contributed by atoms with van der Waals surface area (Å²) in [6.45, 7) is 12.0. The second-order valence-corrected chi connectivity index (χ2v) is 7.05. The van der Waals surface area contributed by atoms with Crippen molar-refractivity contribution in [2.45, 2.75) is 39.0 Å². The van der Waals surface area contributed by atoms with Crippen molar-refractivity contribution >= 4 is 10.0 Å². The third kappa shape index (κ3) is 4.80. The van der Waals surface area contributed by atoms with Gasteiger partial charge in [0.25, 0.3) is 0 Å². The van der Waals surface area contributed by atoms with E-state index in [-0.39, 0.29) is 0 Å². The molecule has 0 unspecified atom stereocenters. The number of aryl methyl sites for hydroxylation is 1. The SMILES string of the molecule is CCN(CC)CCCN(CC)S(=O)(=O)c1ccccc1C. The van der Waals surface area contributed by atoms with Crippen LogP contribution in [0.2, 0.25) is 0 Å². The maximum atomic E-state index is 12.7. The topological polar surface area (TPSA) is 40.6 Å². The van der Waals surface area contributed by atoms with Crippen molar-refractivity contribution in [2.75, 3.05) is 32.7 Å². The van der Waals surface area contributed by atoms with E-state index in [9.17, 15) is 8.42 Å². The molecule has 0 aliphatic carbocycles. The van der Waals surface area contributed by atoms with Crippen LogP contribution in [-0.4, -0.2) is 50.3 Å². The number of hydrogen-bond donors (Lipinski definition) is 0. The van der Waals surface area contributed by atoms with E-state index in [0.29, 0.717) is 18.0 Å². The van der Waals surface area contributed by atoms with Crippen LogP contribution >= 0.6 is 0 Å². The molecule has 0 fully saturated rings. The number of nitrogens with zero attached hydrogens (tertiary/aromatic N) is 2. The molecule has 120 valence electrons. The first-order chi connectivity index (χ1) is 9.97. The molecule has 0 atom stereocenters. The molecular formula is C16H28N2O2S.